The maximum atomic E-state index is 9.85. The molecule has 0 saturated carbocycles. The Hall–Kier alpha value is -2.20. The Morgan fingerprint density at radius 2 is 1.52 bits per heavy atom. The Labute approximate surface area is 153 Å². The maximum Gasteiger partial charge on any atom is 0.294 e. The third-order valence-corrected chi connectivity index (χ3v) is 5.42. The fourth-order valence-electron chi connectivity index (χ4n) is 1.84. The predicted octanol–water partition coefficient (Wildman–Crippen LogP) is 3.92. The molecule has 0 amide bonds. The van der Waals surface area contributed by atoms with Crippen molar-refractivity contribution in [3.8, 4) is 0 Å². The summed E-state index contributed by atoms with van der Waals surface area (Å²) >= 11 is 3.26. The van der Waals surface area contributed by atoms with Gasteiger partial charge in [-0.05, 0) is 49.4 Å². The van der Waals surface area contributed by atoms with E-state index < -0.39 is 10.2 Å². The average Bonchev–Trinajstić information content (AvgIpc) is 3.05. The minimum Gasteiger partial charge on any atom is -0.314 e. The van der Waals surface area contributed by atoms with E-state index in [0.717, 1.165) is 9.75 Å². The summed E-state index contributed by atoms with van der Waals surface area (Å²) in [7, 11) is 0. The number of hydrogen-bond donors (Lipinski definition) is 0. The summed E-state index contributed by atoms with van der Waals surface area (Å²) in [5.74, 6) is 0. The second-order valence-electron chi connectivity index (χ2n) is 5.16. The Kier molecular flexibility index (Phi) is 8.86. The minimum atomic E-state index is -0.763. The van der Waals surface area contributed by atoms with Crippen LogP contribution < -0.4 is 0 Å². The third-order valence-electron chi connectivity index (χ3n) is 3.09. The van der Waals surface area contributed by atoms with Gasteiger partial charge < -0.3 is 9.68 Å². The van der Waals surface area contributed by atoms with Gasteiger partial charge in [0.2, 0.25) is 0 Å². The largest absolute Gasteiger partial charge is 0.314 e. The van der Waals surface area contributed by atoms with Crippen LogP contribution in [0.5, 0.6) is 0 Å². The molecule has 0 bridgehead atoms. The summed E-state index contributed by atoms with van der Waals surface area (Å²) in [6, 6.07) is 4.05. The molecule has 10 heteroatoms. The number of rotatable bonds is 8. The first kappa shape index (κ1) is 20.8. The molecule has 138 valence electrons. The van der Waals surface area contributed by atoms with Crippen molar-refractivity contribution in [3.05, 3.63) is 63.5 Å². The van der Waals surface area contributed by atoms with E-state index in [1.54, 1.807) is 22.7 Å². The molecule has 0 aromatic carbocycles. The third kappa shape index (κ3) is 9.01. The topological polar surface area (TPSA) is 105 Å². The first-order valence-electron chi connectivity index (χ1n) is 7.42. The minimum absolute atomic E-state index is 0.145. The maximum absolute atomic E-state index is 9.85. The van der Waals surface area contributed by atoms with Crippen molar-refractivity contribution in [3.63, 3.8) is 0 Å². The number of thiophene rings is 2. The Morgan fingerprint density at radius 3 is 1.92 bits per heavy atom. The molecule has 2 aromatic rings. The van der Waals surface area contributed by atoms with E-state index >= 15 is 0 Å². The molecule has 0 aliphatic carbocycles. The van der Waals surface area contributed by atoms with E-state index in [1.807, 2.05) is 38.3 Å². The monoisotopic (exact) mass is 388 g/mol. The molecular formula is C15H20N2O6S2. The zero-order valence-electron chi connectivity index (χ0n) is 14.2. The van der Waals surface area contributed by atoms with E-state index in [-0.39, 0.29) is 13.2 Å². The van der Waals surface area contributed by atoms with Gasteiger partial charge in [0.1, 0.15) is 13.2 Å². The van der Waals surface area contributed by atoms with E-state index in [2.05, 4.69) is 9.68 Å². The standard InChI is InChI=1S/C8H11NO3S.C7H9NO3S/c1-6-5-8(13-7(6)2)3-4-12-9(10)11;1-6-4-7(12-5-6)2-3-11-8(9)10/h5H,3-4H2,1-2H3;4-5H,2-3H2,1H3. The molecule has 0 radical (unpaired) electrons. The fourth-order valence-corrected chi connectivity index (χ4v) is 3.73. The van der Waals surface area contributed by atoms with Gasteiger partial charge in [-0.2, -0.15) is 0 Å². The number of hydrogen-bond acceptors (Lipinski definition) is 8. The van der Waals surface area contributed by atoms with Crippen LogP contribution in [-0.4, -0.2) is 23.4 Å². The van der Waals surface area contributed by atoms with Crippen LogP contribution in [0.2, 0.25) is 0 Å². The van der Waals surface area contributed by atoms with Crippen LogP contribution in [0.1, 0.15) is 25.8 Å². The van der Waals surface area contributed by atoms with Crippen LogP contribution in [-0.2, 0) is 22.5 Å². The molecule has 0 N–H and O–H groups in total. The van der Waals surface area contributed by atoms with Gasteiger partial charge >= 0.3 is 0 Å². The second-order valence-corrected chi connectivity index (χ2v) is 7.49. The molecular weight excluding hydrogens is 368 g/mol. The molecule has 2 rings (SSSR count). The fraction of sp³-hybridized carbons (Fsp3) is 0.467. The van der Waals surface area contributed by atoms with E-state index in [9.17, 15) is 20.2 Å². The first-order chi connectivity index (χ1) is 11.8. The zero-order chi connectivity index (χ0) is 18.8. The molecule has 0 spiro atoms. The van der Waals surface area contributed by atoms with Gasteiger partial charge in [0.15, 0.2) is 0 Å². The molecule has 0 fully saturated rings. The van der Waals surface area contributed by atoms with Gasteiger partial charge in [0, 0.05) is 27.5 Å². The van der Waals surface area contributed by atoms with Crippen molar-refractivity contribution in [1.29, 1.82) is 0 Å². The summed E-state index contributed by atoms with van der Waals surface area (Å²) in [5, 5.41) is 20.1. The summed E-state index contributed by atoms with van der Waals surface area (Å²) in [6.07, 6.45) is 1.22. The van der Waals surface area contributed by atoms with Crippen molar-refractivity contribution in [2.24, 2.45) is 0 Å². The highest BCUT2D eigenvalue weighted by atomic mass is 32.1. The highest BCUT2D eigenvalue weighted by molar-refractivity contribution is 7.12. The second kappa shape index (κ2) is 10.6. The highest BCUT2D eigenvalue weighted by Crippen LogP contribution is 2.20. The zero-order valence-corrected chi connectivity index (χ0v) is 15.9. The van der Waals surface area contributed by atoms with Crippen LogP contribution in [0, 0.1) is 41.0 Å². The number of aryl methyl sites for hydroxylation is 3. The summed E-state index contributed by atoms with van der Waals surface area (Å²) in [4.78, 5) is 31.6. The van der Waals surface area contributed by atoms with Crippen LogP contribution in [0.25, 0.3) is 0 Å². The summed E-state index contributed by atoms with van der Waals surface area (Å²) < 4.78 is 0. The summed E-state index contributed by atoms with van der Waals surface area (Å²) in [6.45, 7) is 6.36. The van der Waals surface area contributed by atoms with Crippen molar-refractivity contribution in [2.75, 3.05) is 13.2 Å². The Morgan fingerprint density at radius 1 is 0.960 bits per heavy atom. The van der Waals surface area contributed by atoms with Gasteiger partial charge in [0.25, 0.3) is 10.2 Å². The lowest BCUT2D eigenvalue weighted by molar-refractivity contribution is -0.757. The van der Waals surface area contributed by atoms with Gasteiger partial charge in [-0.3, -0.25) is 0 Å². The Bertz CT molecular complexity index is 679. The lowest BCUT2D eigenvalue weighted by atomic mass is 10.2. The van der Waals surface area contributed by atoms with Crippen LogP contribution in [0.3, 0.4) is 0 Å². The first-order valence-corrected chi connectivity index (χ1v) is 9.12. The molecule has 0 aliphatic rings. The van der Waals surface area contributed by atoms with Crippen molar-refractivity contribution in [1.82, 2.24) is 0 Å². The van der Waals surface area contributed by atoms with Crippen molar-refractivity contribution in [2.45, 2.75) is 33.6 Å². The molecule has 0 saturated heterocycles. The molecule has 25 heavy (non-hydrogen) atoms. The van der Waals surface area contributed by atoms with Crippen molar-refractivity contribution < 1.29 is 19.8 Å². The quantitative estimate of drug-likeness (QED) is 0.501. The van der Waals surface area contributed by atoms with Crippen LogP contribution >= 0.6 is 22.7 Å². The smallest absolute Gasteiger partial charge is 0.294 e. The SMILES string of the molecule is Cc1cc(CCO[N+](=O)[O-])sc1C.Cc1csc(CCO[N+](=O)[O-])c1. The van der Waals surface area contributed by atoms with Gasteiger partial charge in [-0.1, -0.05) is 0 Å². The normalized spacial score (nSPS) is 9.88. The van der Waals surface area contributed by atoms with Gasteiger partial charge in [-0.15, -0.1) is 42.9 Å². The molecule has 2 heterocycles. The average molecular weight is 388 g/mol. The molecule has 0 aliphatic heterocycles. The highest BCUT2D eigenvalue weighted by Gasteiger charge is 2.02. The predicted molar refractivity (Wildman–Crippen MR) is 96.1 cm³/mol. The molecule has 0 unspecified atom stereocenters. The van der Waals surface area contributed by atoms with E-state index in [0.29, 0.717) is 12.8 Å². The Balaban J connectivity index is 0.000000251. The van der Waals surface area contributed by atoms with Gasteiger partial charge in [-0.25, -0.2) is 0 Å². The lowest BCUT2D eigenvalue weighted by Gasteiger charge is -1.94. The van der Waals surface area contributed by atoms with Gasteiger partial charge in [0.05, 0.1) is 0 Å². The van der Waals surface area contributed by atoms with E-state index in [4.69, 9.17) is 0 Å². The van der Waals surface area contributed by atoms with E-state index in [1.165, 1.54) is 16.0 Å². The summed E-state index contributed by atoms with van der Waals surface area (Å²) in [5.41, 5.74) is 2.43. The molecule has 2 aromatic heterocycles. The van der Waals surface area contributed by atoms with Crippen LogP contribution in [0.4, 0.5) is 0 Å². The number of nitrogens with zero attached hydrogens (tertiary/aromatic N) is 2. The molecule has 0 atom stereocenters. The lowest BCUT2D eigenvalue weighted by Crippen LogP contribution is -2.03. The van der Waals surface area contributed by atoms with Crippen LogP contribution in [0.15, 0.2) is 17.5 Å². The van der Waals surface area contributed by atoms with Crippen molar-refractivity contribution >= 4 is 22.7 Å². The molecule has 8 nitrogen and oxygen atoms in total.